The molecule has 0 aliphatic carbocycles. The first-order valence-electron chi connectivity index (χ1n) is 40.8. The van der Waals surface area contributed by atoms with Crippen LogP contribution >= 0.6 is 15.6 Å². The summed E-state index contributed by atoms with van der Waals surface area (Å²) < 4.78 is 68.6. The molecule has 0 radical (unpaired) electrons. The number of phosphoric ester groups is 2. The molecule has 17 nitrogen and oxygen atoms in total. The fraction of sp³-hybridized carbons (Fsp3) is 0.783. The van der Waals surface area contributed by atoms with Crippen molar-refractivity contribution in [3.63, 3.8) is 0 Å². The summed E-state index contributed by atoms with van der Waals surface area (Å²) in [7, 11) is -9.96. The summed E-state index contributed by atoms with van der Waals surface area (Å²) in [5.41, 5.74) is 0. The fourth-order valence-electron chi connectivity index (χ4n) is 11.1. The maximum Gasteiger partial charge on any atom is 0.472 e. The van der Waals surface area contributed by atoms with E-state index < -0.39 is 97.5 Å². The summed E-state index contributed by atoms with van der Waals surface area (Å²) in [5, 5.41) is 10.6. The molecule has 0 aromatic rings. The van der Waals surface area contributed by atoms with Crippen molar-refractivity contribution in [2.45, 2.75) is 380 Å². The molecule has 0 aliphatic heterocycles. The number of esters is 4. The van der Waals surface area contributed by atoms with Crippen molar-refractivity contribution in [2.24, 2.45) is 0 Å². The molecule has 592 valence electrons. The molecule has 5 atom stereocenters. The van der Waals surface area contributed by atoms with Gasteiger partial charge in [0, 0.05) is 25.7 Å². The zero-order valence-corrected chi connectivity index (χ0v) is 66.6. The van der Waals surface area contributed by atoms with Crippen molar-refractivity contribution < 1.29 is 80.2 Å². The maximum atomic E-state index is 13.1. The molecule has 0 saturated heterocycles. The van der Waals surface area contributed by atoms with Crippen LogP contribution in [0.15, 0.2) is 85.1 Å². The highest BCUT2D eigenvalue weighted by Crippen LogP contribution is 2.45. The number of aliphatic hydroxyl groups is 1. The molecular weight excluding hydrogens is 1330 g/mol. The van der Waals surface area contributed by atoms with Crippen LogP contribution in [-0.4, -0.2) is 96.7 Å². The summed E-state index contributed by atoms with van der Waals surface area (Å²) in [6, 6.07) is 0. The van der Waals surface area contributed by atoms with Crippen molar-refractivity contribution in [1.29, 1.82) is 0 Å². The number of aliphatic hydroxyl groups excluding tert-OH is 1. The third-order valence-electron chi connectivity index (χ3n) is 17.3. The van der Waals surface area contributed by atoms with E-state index in [4.69, 9.17) is 37.0 Å². The predicted octanol–water partition coefficient (Wildman–Crippen LogP) is 23.8. The molecule has 0 bridgehead atoms. The average Bonchev–Trinajstić information content (AvgIpc) is 0.908. The third kappa shape index (κ3) is 74.5. The number of ether oxygens (including phenoxy) is 4. The molecule has 0 spiro atoms. The second-order valence-electron chi connectivity index (χ2n) is 27.3. The minimum absolute atomic E-state index is 0.0907. The first-order chi connectivity index (χ1) is 49.7. The Morgan fingerprint density at radius 3 is 0.814 bits per heavy atom. The van der Waals surface area contributed by atoms with Crippen molar-refractivity contribution in [3.05, 3.63) is 85.1 Å². The van der Waals surface area contributed by atoms with Crippen molar-refractivity contribution in [1.82, 2.24) is 0 Å². The van der Waals surface area contributed by atoms with Gasteiger partial charge in [0.25, 0.3) is 0 Å². The summed E-state index contributed by atoms with van der Waals surface area (Å²) in [6.07, 6.45) is 78.4. The highest BCUT2D eigenvalue weighted by Gasteiger charge is 2.30. The van der Waals surface area contributed by atoms with Crippen LogP contribution in [0.1, 0.15) is 362 Å². The topological polar surface area (TPSA) is 237 Å². The van der Waals surface area contributed by atoms with E-state index in [1.807, 2.05) is 0 Å². The summed E-state index contributed by atoms with van der Waals surface area (Å²) in [5.74, 6) is -2.20. The Morgan fingerprint density at radius 1 is 0.284 bits per heavy atom. The van der Waals surface area contributed by atoms with Crippen LogP contribution in [0.2, 0.25) is 0 Å². The Kier molecular flexibility index (Phi) is 72.7. The monoisotopic (exact) mass is 1480 g/mol. The number of carbonyl (C=O) groups is 4. The lowest BCUT2D eigenvalue weighted by Crippen LogP contribution is -2.30. The number of phosphoric acid groups is 2. The van der Waals surface area contributed by atoms with Gasteiger partial charge in [0.05, 0.1) is 26.4 Å². The van der Waals surface area contributed by atoms with Crippen molar-refractivity contribution in [2.75, 3.05) is 39.6 Å². The molecule has 0 aliphatic rings. The Morgan fingerprint density at radius 2 is 0.510 bits per heavy atom. The smallest absolute Gasteiger partial charge is 0.462 e. The normalized spacial score (nSPS) is 14.3. The van der Waals surface area contributed by atoms with Gasteiger partial charge in [-0.3, -0.25) is 37.3 Å². The highest BCUT2D eigenvalue weighted by atomic mass is 31.2. The standard InChI is InChI=1S/C83H148O17P2/c1-5-9-13-17-21-25-29-33-36-37-38-39-42-45-48-52-56-60-64-68-81(86)94-73-78(99-82(87)69-65-61-57-53-49-43-32-28-24-20-16-12-8-4)75-97-101(89,90)95-71-77(84)72-96-102(91,92)98-76-79(100-83(88)70-66-62-58-54-50-46-41-35-31-27-23-19-15-11-7-3)74-93-80(85)67-63-59-55-51-47-44-40-34-30-26-22-18-14-10-6-2/h9,13,21,25,27,31,33-34,36,38-40,45,48,77-79,84H,5-8,10-12,14-20,22-24,26,28-30,32,35,37,41-44,46-47,49-76H2,1-4H3,(H,89,90)(H,91,92)/b13-9-,25-21-,31-27-,36-33-,39-38-,40-34-,48-45-/t77-,78-,79-/m1/s1. The van der Waals surface area contributed by atoms with Crippen LogP contribution in [-0.2, 0) is 65.4 Å². The molecular formula is C83H148O17P2. The van der Waals surface area contributed by atoms with Crippen LogP contribution in [0.5, 0.6) is 0 Å². The predicted molar refractivity (Wildman–Crippen MR) is 418 cm³/mol. The summed E-state index contributed by atoms with van der Waals surface area (Å²) >= 11 is 0. The molecule has 102 heavy (non-hydrogen) atoms. The van der Waals surface area contributed by atoms with E-state index in [0.29, 0.717) is 25.7 Å². The molecule has 2 unspecified atom stereocenters. The minimum atomic E-state index is -4.98. The first kappa shape index (κ1) is 98.2. The van der Waals surface area contributed by atoms with Gasteiger partial charge in [-0.1, -0.05) is 299 Å². The minimum Gasteiger partial charge on any atom is -0.462 e. The molecule has 0 aromatic carbocycles. The SMILES string of the molecule is CC/C=C\C/C=C\C/C=C\C/C=C\C/C=C\CCCCCC(=O)OC[C@H](COP(=O)(O)OC[C@@H](O)COP(=O)(O)OC[C@@H](COC(=O)CCCCCCC/C=C\CCCCCCCC)OC(=O)CCCCCCCCC/C=C\CCCCCC)OC(=O)CCCCCCCCCCCCCCC. The molecule has 0 amide bonds. The maximum absolute atomic E-state index is 13.1. The molecule has 0 heterocycles. The van der Waals surface area contributed by atoms with Crippen molar-refractivity contribution in [3.8, 4) is 0 Å². The number of unbranched alkanes of at least 4 members (excludes halogenated alkanes) is 37. The van der Waals surface area contributed by atoms with Crippen LogP contribution < -0.4 is 0 Å². The Bertz CT molecular complexity index is 2260. The molecule has 0 fully saturated rings. The van der Waals surface area contributed by atoms with E-state index in [1.54, 1.807) is 0 Å². The first-order valence-corrected chi connectivity index (χ1v) is 43.8. The number of rotatable bonds is 77. The van der Waals surface area contributed by atoms with E-state index in [2.05, 4.69) is 113 Å². The molecule has 0 aromatic heterocycles. The Labute approximate surface area is 621 Å². The van der Waals surface area contributed by atoms with E-state index in [1.165, 1.54) is 116 Å². The van der Waals surface area contributed by atoms with Crippen LogP contribution in [0.4, 0.5) is 0 Å². The largest absolute Gasteiger partial charge is 0.472 e. The molecule has 19 heteroatoms. The lowest BCUT2D eigenvalue weighted by Gasteiger charge is -2.21. The van der Waals surface area contributed by atoms with E-state index >= 15 is 0 Å². The highest BCUT2D eigenvalue weighted by molar-refractivity contribution is 7.47. The number of hydrogen-bond donors (Lipinski definition) is 3. The van der Waals surface area contributed by atoms with E-state index in [0.717, 1.165) is 167 Å². The van der Waals surface area contributed by atoms with Gasteiger partial charge in [0.2, 0.25) is 0 Å². The lowest BCUT2D eigenvalue weighted by atomic mass is 10.0. The van der Waals surface area contributed by atoms with Crippen LogP contribution in [0, 0.1) is 0 Å². The van der Waals surface area contributed by atoms with E-state index in [-0.39, 0.29) is 25.7 Å². The molecule has 0 rings (SSSR count). The van der Waals surface area contributed by atoms with Gasteiger partial charge in [-0.15, -0.1) is 0 Å². The second-order valence-corrected chi connectivity index (χ2v) is 30.2. The second kappa shape index (κ2) is 75.5. The van der Waals surface area contributed by atoms with Gasteiger partial charge in [-0.05, 0) is 122 Å². The lowest BCUT2D eigenvalue weighted by molar-refractivity contribution is -0.161. The van der Waals surface area contributed by atoms with Crippen molar-refractivity contribution >= 4 is 39.5 Å². The number of allylic oxidation sites excluding steroid dienone is 14. The summed E-state index contributed by atoms with van der Waals surface area (Å²) in [6.45, 7) is 4.75. The number of carbonyl (C=O) groups excluding carboxylic acids is 4. The van der Waals surface area contributed by atoms with Gasteiger partial charge >= 0.3 is 39.5 Å². The number of hydrogen-bond acceptors (Lipinski definition) is 15. The Balaban J connectivity index is 5.36. The van der Waals surface area contributed by atoms with Gasteiger partial charge in [-0.25, -0.2) is 9.13 Å². The van der Waals surface area contributed by atoms with Gasteiger partial charge in [-0.2, -0.15) is 0 Å². The zero-order chi connectivity index (χ0) is 74.6. The average molecular weight is 1480 g/mol. The van der Waals surface area contributed by atoms with E-state index in [9.17, 15) is 43.2 Å². The molecule has 0 saturated carbocycles. The van der Waals surface area contributed by atoms with Gasteiger partial charge < -0.3 is 33.8 Å². The van der Waals surface area contributed by atoms with Gasteiger partial charge in [0.15, 0.2) is 12.2 Å². The van der Waals surface area contributed by atoms with Crippen LogP contribution in [0.25, 0.3) is 0 Å². The Hall–Kier alpha value is -3.76. The quantitative estimate of drug-likeness (QED) is 0.0169. The third-order valence-corrected chi connectivity index (χ3v) is 19.2. The fourth-order valence-corrected chi connectivity index (χ4v) is 12.7. The van der Waals surface area contributed by atoms with Gasteiger partial charge in [0.1, 0.15) is 19.3 Å². The zero-order valence-electron chi connectivity index (χ0n) is 64.8. The molecule has 3 N–H and O–H groups in total. The van der Waals surface area contributed by atoms with Crippen LogP contribution in [0.3, 0.4) is 0 Å². The summed E-state index contributed by atoms with van der Waals surface area (Å²) in [4.78, 5) is 73.0.